The van der Waals surface area contributed by atoms with Crippen LogP contribution in [0.15, 0.2) is 64.4 Å². The number of pyridine rings is 1. The van der Waals surface area contributed by atoms with E-state index < -0.39 is 17.6 Å². The standard InChI is InChI=1S/C23H18FNO4S/c1-29-23(28)19-13-30-22-20(15-5-3-2-4-6-15)17(18(12-26)21(27)25(19)22)11-14-7-9-16(24)10-8-14/h2-10,12,19H,11,13H2,1H3/t19-/m0/s1. The molecule has 0 N–H and O–H groups in total. The van der Waals surface area contributed by atoms with Gasteiger partial charge in [-0.25, -0.2) is 9.18 Å². The lowest BCUT2D eigenvalue weighted by molar-refractivity contribution is -0.143. The van der Waals surface area contributed by atoms with Gasteiger partial charge in [-0.15, -0.1) is 11.8 Å². The van der Waals surface area contributed by atoms with Gasteiger partial charge in [0.25, 0.3) is 5.56 Å². The third kappa shape index (κ3) is 3.45. The third-order valence-electron chi connectivity index (χ3n) is 5.15. The van der Waals surface area contributed by atoms with Gasteiger partial charge in [0, 0.05) is 11.3 Å². The Hall–Kier alpha value is -3.19. The molecular weight excluding hydrogens is 405 g/mol. The summed E-state index contributed by atoms with van der Waals surface area (Å²) in [6, 6.07) is 14.6. The topological polar surface area (TPSA) is 65.4 Å². The summed E-state index contributed by atoms with van der Waals surface area (Å²) in [6.45, 7) is 0. The smallest absolute Gasteiger partial charge is 0.329 e. The lowest BCUT2D eigenvalue weighted by atomic mass is 9.92. The highest BCUT2D eigenvalue weighted by atomic mass is 32.2. The van der Waals surface area contributed by atoms with E-state index in [1.54, 1.807) is 12.1 Å². The second-order valence-corrected chi connectivity index (χ2v) is 7.89. The van der Waals surface area contributed by atoms with Crippen LogP contribution in [0.3, 0.4) is 0 Å². The summed E-state index contributed by atoms with van der Waals surface area (Å²) in [7, 11) is 1.28. The van der Waals surface area contributed by atoms with Crippen molar-refractivity contribution in [3.05, 3.63) is 87.5 Å². The number of hydrogen-bond donors (Lipinski definition) is 0. The van der Waals surface area contributed by atoms with Gasteiger partial charge in [0.15, 0.2) is 6.29 Å². The van der Waals surface area contributed by atoms with Crippen molar-refractivity contribution in [1.82, 2.24) is 4.57 Å². The molecule has 7 heteroatoms. The minimum Gasteiger partial charge on any atom is -0.467 e. The van der Waals surface area contributed by atoms with E-state index in [-0.39, 0.29) is 17.8 Å². The third-order valence-corrected chi connectivity index (χ3v) is 6.30. The van der Waals surface area contributed by atoms with Crippen molar-refractivity contribution in [3.63, 3.8) is 0 Å². The fourth-order valence-electron chi connectivity index (χ4n) is 3.72. The summed E-state index contributed by atoms with van der Waals surface area (Å²) < 4.78 is 19.6. The summed E-state index contributed by atoms with van der Waals surface area (Å²) in [4.78, 5) is 37.5. The molecule has 0 aliphatic carbocycles. The molecule has 1 atom stereocenters. The van der Waals surface area contributed by atoms with E-state index in [1.807, 2.05) is 30.3 Å². The van der Waals surface area contributed by atoms with E-state index in [0.717, 1.165) is 16.7 Å². The Labute approximate surface area is 176 Å². The molecule has 3 aromatic rings. The molecule has 1 aromatic heterocycles. The number of methoxy groups -OCH3 is 1. The van der Waals surface area contributed by atoms with Crippen LogP contribution in [0.4, 0.5) is 4.39 Å². The maximum Gasteiger partial charge on any atom is 0.329 e. The van der Waals surface area contributed by atoms with Crippen LogP contribution in [0.2, 0.25) is 0 Å². The van der Waals surface area contributed by atoms with E-state index >= 15 is 0 Å². The predicted octanol–water partition coefficient (Wildman–Crippen LogP) is 3.88. The quantitative estimate of drug-likeness (QED) is 0.460. The normalized spacial score (nSPS) is 14.9. The molecule has 152 valence electrons. The zero-order chi connectivity index (χ0) is 21.3. The molecule has 0 saturated carbocycles. The maximum absolute atomic E-state index is 13.4. The van der Waals surface area contributed by atoms with Crippen LogP contribution in [0.25, 0.3) is 11.1 Å². The van der Waals surface area contributed by atoms with E-state index in [1.165, 1.54) is 35.6 Å². The minimum absolute atomic E-state index is 0.00155. The average Bonchev–Trinajstić information content (AvgIpc) is 3.21. The van der Waals surface area contributed by atoms with E-state index in [4.69, 9.17) is 4.74 Å². The summed E-state index contributed by atoms with van der Waals surface area (Å²) >= 11 is 1.39. The van der Waals surface area contributed by atoms with Crippen molar-refractivity contribution in [1.29, 1.82) is 0 Å². The number of rotatable bonds is 5. The van der Waals surface area contributed by atoms with E-state index in [0.29, 0.717) is 22.6 Å². The monoisotopic (exact) mass is 423 g/mol. The number of carbonyl (C=O) groups excluding carboxylic acids is 2. The lowest BCUT2D eigenvalue weighted by Gasteiger charge is -2.19. The summed E-state index contributed by atoms with van der Waals surface area (Å²) in [6.07, 6.45) is 0.823. The molecule has 0 unspecified atom stereocenters. The fourth-order valence-corrected chi connectivity index (χ4v) is 5.05. The molecule has 0 fully saturated rings. The van der Waals surface area contributed by atoms with Crippen molar-refractivity contribution in [2.24, 2.45) is 0 Å². The number of ether oxygens (including phenoxy) is 1. The highest BCUT2D eigenvalue weighted by Crippen LogP contribution is 2.42. The predicted molar refractivity (Wildman–Crippen MR) is 113 cm³/mol. The van der Waals surface area contributed by atoms with Gasteiger partial charge in [-0.05, 0) is 35.2 Å². The molecule has 0 spiro atoms. The zero-order valence-electron chi connectivity index (χ0n) is 16.1. The Kier molecular flexibility index (Phi) is 5.55. The zero-order valence-corrected chi connectivity index (χ0v) is 16.9. The Morgan fingerprint density at radius 1 is 1.20 bits per heavy atom. The number of halogens is 1. The molecule has 0 radical (unpaired) electrons. The fraction of sp³-hybridized carbons (Fsp3) is 0.174. The molecule has 1 aliphatic rings. The number of aromatic nitrogens is 1. The second-order valence-electron chi connectivity index (χ2n) is 6.88. The summed E-state index contributed by atoms with van der Waals surface area (Å²) in [5.41, 5.74) is 2.39. The SMILES string of the molecule is COC(=O)[C@@H]1CSc2c(-c3ccccc3)c(Cc3ccc(F)cc3)c(C=O)c(=O)n21. The second kappa shape index (κ2) is 8.28. The van der Waals surface area contributed by atoms with Crippen LogP contribution in [-0.2, 0) is 16.0 Å². The van der Waals surface area contributed by atoms with Gasteiger partial charge in [-0.3, -0.25) is 14.2 Å². The molecular formula is C23H18FNO4S. The first-order valence-electron chi connectivity index (χ1n) is 9.32. The van der Waals surface area contributed by atoms with Crippen molar-refractivity contribution in [2.45, 2.75) is 17.5 Å². The molecule has 1 aliphatic heterocycles. The van der Waals surface area contributed by atoms with Gasteiger partial charge in [0.05, 0.1) is 17.7 Å². The van der Waals surface area contributed by atoms with Crippen molar-refractivity contribution in [3.8, 4) is 11.1 Å². The minimum atomic E-state index is -0.788. The highest BCUT2D eigenvalue weighted by molar-refractivity contribution is 7.99. The number of hydrogen-bond acceptors (Lipinski definition) is 5. The molecule has 0 saturated heterocycles. The first-order valence-corrected chi connectivity index (χ1v) is 10.3. The Balaban J connectivity index is 2.00. The van der Waals surface area contributed by atoms with Crippen LogP contribution < -0.4 is 5.56 Å². The van der Waals surface area contributed by atoms with Crippen molar-refractivity contribution in [2.75, 3.05) is 12.9 Å². The average molecular weight is 423 g/mol. The number of carbonyl (C=O) groups is 2. The Morgan fingerprint density at radius 2 is 1.90 bits per heavy atom. The van der Waals surface area contributed by atoms with E-state index in [9.17, 15) is 18.8 Å². The van der Waals surface area contributed by atoms with Gasteiger partial charge in [-0.2, -0.15) is 0 Å². The first-order chi connectivity index (χ1) is 14.5. The summed E-state index contributed by atoms with van der Waals surface area (Å²) in [5, 5.41) is 0.629. The van der Waals surface area contributed by atoms with Crippen LogP contribution in [0, 0.1) is 5.82 Å². The van der Waals surface area contributed by atoms with Gasteiger partial charge >= 0.3 is 5.97 Å². The Morgan fingerprint density at radius 3 is 2.53 bits per heavy atom. The maximum atomic E-state index is 13.4. The highest BCUT2D eigenvalue weighted by Gasteiger charge is 2.35. The number of fused-ring (bicyclic) bond motifs is 1. The molecule has 5 nitrogen and oxygen atoms in total. The molecule has 0 amide bonds. The van der Waals surface area contributed by atoms with Gasteiger partial charge in [0.1, 0.15) is 11.9 Å². The first kappa shape index (κ1) is 20.1. The molecule has 30 heavy (non-hydrogen) atoms. The van der Waals surface area contributed by atoms with Gasteiger partial charge < -0.3 is 4.74 Å². The number of thioether (sulfide) groups is 1. The van der Waals surface area contributed by atoms with Crippen LogP contribution in [0.1, 0.15) is 27.5 Å². The van der Waals surface area contributed by atoms with Gasteiger partial charge in [0.2, 0.25) is 0 Å². The van der Waals surface area contributed by atoms with Crippen LogP contribution in [0.5, 0.6) is 0 Å². The number of nitrogens with zero attached hydrogens (tertiary/aromatic N) is 1. The lowest BCUT2D eigenvalue weighted by Crippen LogP contribution is -2.33. The number of aldehydes is 1. The van der Waals surface area contributed by atoms with Crippen molar-refractivity contribution < 1.29 is 18.7 Å². The molecule has 4 rings (SSSR count). The number of esters is 1. The summed E-state index contributed by atoms with van der Waals surface area (Å²) in [5.74, 6) is -0.534. The number of benzene rings is 2. The molecule has 2 aromatic carbocycles. The Bertz CT molecular complexity index is 1170. The van der Waals surface area contributed by atoms with Crippen LogP contribution >= 0.6 is 11.8 Å². The molecule has 2 heterocycles. The van der Waals surface area contributed by atoms with Gasteiger partial charge in [-0.1, -0.05) is 42.5 Å². The molecule has 0 bridgehead atoms. The van der Waals surface area contributed by atoms with E-state index in [2.05, 4.69) is 0 Å². The van der Waals surface area contributed by atoms with Crippen LogP contribution in [-0.4, -0.2) is 29.7 Å². The largest absolute Gasteiger partial charge is 0.467 e. The van der Waals surface area contributed by atoms with Crippen molar-refractivity contribution >= 4 is 24.0 Å².